The molecule has 1 heterocycles. The van der Waals surface area contributed by atoms with Gasteiger partial charge in [-0.05, 0) is 32.6 Å². The SMILES string of the molecule is CCC(C#N)(CC)C(=O)NC(C)C1CCCO1. The largest absolute Gasteiger partial charge is 0.376 e. The van der Waals surface area contributed by atoms with Crippen LogP contribution in [0.2, 0.25) is 0 Å². The Kier molecular flexibility index (Phi) is 4.95. The van der Waals surface area contributed by atoms with E-state index in [2.05, 4.69) is 11.4 Å². The summed E-state index contributed by atoms with van der Waals surface area (Å²) >= 11 is 0. The Morgan fingerprint density at radius 3 is 2.65 bits per heavy atom. The number of amides is 1. The van der Waals surface area contributed by atoms with E-state index >= 15 is 0 Å². The Balaban J connectivity index is 2.61. The second-order valence-electron chi connectivity index (χ2n) is 4.71. The van der Waals surface area contributed by atoms with Crippen molar-refractivity contribution in [2.24, 2.45) is 5.41 Å². The first-order valence-corrected chi connectivity index (χ1v) is 6.43. The summed E-state index contributed by atoms with van der Waals surface area (Å²) in [7, 11) is 0. The minimum absolute atomic E-state index is 0.0178. The lowest BCUT2D eigenvalue weighted by Gasteiger charge is -2.27. The lowest BCUT2D eigenvalue weighted by molar-refractivity contribution is -0.130. The molecule has 96 valence electrons. The molecule has 0 spiro atoms. The summed E-state index contributed by atoms with van der Waals surface area (Å²) in [5.41, 5.74) is -0.882. The lowest BCUT2D eigenvalue weighted by atomic mass is 9.82. The van der Waals surface area contributed by atoms with Crippen molar-refractivity contribution in [1.82, 2.24) is 5.32 Å². The summed E-state index contributed by atoms with van der Waals surface area (Å²) in [6.07, 6.45) is 3.23. The van der Waals surface area contributed by atoms with Crippen LogP contribution in [0.4, 0.5) is 0 Å². The number of rotatable bonds is 5. The smallest absolute Gasteiger partial charge is 0.240 e. The van der Waals surface area contributed by atoms with Gasteiger partial charge in [0.2, 0.25) is 5.91 Å². The molecule has 1 fully saturated rings. The number of nitrogens with zero attached hydrogens (tertiary/aromatic N) is 1. The predicted molar refractivity (Wildman–Crippen MR) is 65.2 cm³/mol. The number of hydrogen-bond donors (Lipinski definition) is 1. The Morgan fingerprint density at radius 2 is 2.24 bits per heavy atom. The molecule has 1 aliphatic rings. The van der Waals surface area contributed by atoms with Crippen molar-refractivity contribution >= 4 is 5.91 Å². The van der Waals surface area contributed by atoms with Crippen LogP contribution in [0.15, 0.2) is 0 Å². The van der Waals surface area contributed by atoms with Gasteiger partial charge in [-0.3, -0.25) is 4.79 Å². The number of nitrogens with one attached hydrogen (secondary N) is 1. The van der Waals surface area contributed by atoms with Gasteiger partial charge in [0.05, 0.1) is 18.2 Å². The minimum atomic E-state index is -0.882. The zero-order chi connectivity index (χ0) is 12.9. The van der Waals surface area contributed by atoms with E-state index in [9.17, 15) is 10.1 Å². The number of carbonyl (C=O) groups is 1. The first kappa shape index (κ1) is 14.0. The van der Waals surface area contributed by atoms with Gasteiger partial charge in [0.25, 0.3) is 0 Å². The van der Waals surface area contributed by atoms with Crippen LogP contribution in [0.3, 0.4) is 0 Å². The van der Waals surface area contributed by atoms with Gasteiger partial charge in [-0.2, -0.15) is 5.26 Å². The summed E-state index contributed by atoms with van der Waals surface area (Å²) in [5.74, 6) is -0.159. The highest BCUT2D eigenvalue weighted by molar-refractivity contribution is 5.85. The summed E-state index contributed by atoms with van der Waals surface area (Å²) in [6, 6.07) is 2.14. The average molecular weight is 238 g/mol. The van der Waals surface area contributed by atoms with Gasteiger partial charge < -0.3 is 10.1 Å². The van der Waals surface area contributed by atoms with Gasteiger partial charge in [-0.25, -0.2) is 0 Å². The van der Waals surface area contributed by atoms with E-state index in [4.69, 9.17) is 4.74 Å². The normalized spacial score (nSPS) is 21.9. The molecule has 1 aliphatic heterocycles. The molecule has 2 atom stereocenters. The van der Waals surface area contributed by atoms with Crippen LogP contribution in [0.25, 0.3) is 0 Å². The molecule has 4 heteroatoms. The fourth-order valence-corrected chi connectivity index (χ4v) is 2.21. The molecule has 4 nitrogen and oxygen atoms in total. The van der Waals surface area contributed by atoms with Crippen molar-refractivity contribution < 1.29 is 9.53 Å². The number of hydrogen-bond acceptors (Lipinski definition) is 3. The van der Waals surface area contributed by atoms with Crippen molar-refractivity contribution in [3.05, 3.63) is 0 Å². The van der Waals surface area contributed by atoms with Crippen molar-refractivity contribution in [2.75, 3.05) is 6.61 Å². The van der Waals surface area contributed by atoms with E-state index in [1.54, 1.807) is 0 Å². The van der Waals surface area contributed by atoms with E-state index in [1.165, 1.54) is 0 Å². The van der Waals surface area contributed by atoms with Gasteiger partial charge in [-0.1, -0.05) is 13.8 Å². The van der Waals surface area contributed by atoms with Gasteiger partial charge in [0.1, 0.15) is 5.41 Å². The highest BCUT2D eigenvalue weighted by Gasteiger charge is 2.36. The topological polar surface area (TPSA) is 62.1 Å². The summed E-state index contributed by atoms with van der Waals surface area (Å²) < 4.78 is 5.53. The fourth-order valence-electron chi connectivity index (χ4n) is 2.21. The van der Waals surface area contributed by atoms with E-state index < -0.39 is 5.41 Å². The first-order chi connectivity index (χ1) is 8.09. The van der Waals surface area contributed by atoms with Crippen molar-refractivity contribution in [3.8, 4) is 6.07 Å². The lowest BCUT2D eigenvalue weighted by Crippen LogP contribution is -2.47. The third-order valence-electron chi connectivity index (χ3n) is 3.74. The molecule has 0 saturated carbocycles. The highest BCUT2D eigenvalue weighted by atomic mass is 16.5. The summed E-state index contributed by atoms with van der Waals surface area (Å²) in [6.45, 7) is 6.48. The third kappa shape index (κ3) is 2.98. The number of ether oxygens (including phenoxy) is 1. The van der Waals surface area contributed by atoms with Crippen LogP contribution in [-0.2, 0) is 9.53 Å². The highest BCUT2D eigenvalue weighted by Crippen LogP contribution is 2.26. The van der Waals surface area contributed by atoms with Crippen molar-refractivity contribution in [1.29, 1.82) is 5.26 Å². The van der Waals surface area contributed by atoms with E-state index in [-0.39, 0.29) is 18.1 Å². The zero-order valence-electron chi connectivity index (χ0n) is 11.0. The van der Waals surface area contributed by atoms with Crippen LogP contribution in [0.5, 0.6) is 0 Å². The maximum atomic E-state index is 12.1. The summed E-state index contributed by atoms with van der Waals surface area (Å²) in [4.78, 5) is 12.1. The molecule has 2 unspecified atom stereocenters. The molecule has 0 radical (unpaired) electrons. The molecule has 1 amide bonds. The van der Waals surface area contributed by atoms with E-state index in [0.29, 0.717) is 12.8 Å². The second kappa shape index (κ2) is 6.02. The maximum Gasteiger partial charge on any atom is 0.240 e. The quantitative estimate of drug-likeness (QED) is 0.796. The molecule has 17 heavy (non-hydrogen) atoms. The fraction of sp³-hybridized carbons (Fsp3) is 0.846. The molecule has 0 bridgehead atoms. The van der Waals surface area contributed by atoms with Crippen molar-refractivity contribution in [2.45, 2.75) is 58.6 Å². The third-order valence-corrected chi connectivity index (χ3v) is 3.74. The molecular weight excluding hydrogens is 216 g/mol. The molecule has 1 rings (SSSR count). The Morgan fingerprint density at radius 1 is 1.59 bits per heavy atom. The van der Waals surface area contributed by atoms with Gasteiger partial charge >= 0.3 is 0 Å². The molecule has 0 aromatic carbocycles. The summed E-state index contributed by atoms with van der Waals surface area (Å²) in [5, 5.41) is 12.1. The minimum Gasteiger partial charge on any atom is -0.376 e. The Labute approximate surface area is 103 Å². The van der Waals surface area contributed by atoms with Gasteiger partial charge in [0.15, 0.2) is 0 Å². The number of carbonyl (C=O) groups excluding carboxylic acids is 1. The standard InChI is InChI=1S/C13H22N2O2/c1-4-13(5-2,9-14)12(16)15-10(3)11-7-6-8-17-11/h10-11H,4-8H2,1-3H3,(H,15,16). The van der Waals surface area contributed by atoms with Crippen LogP contribution in [0.1, 0.15) is 46.5 Å². The molecule has 0 aliphatic carbocycles. The molecule has 0 aromatic rings. The average Bonchev–Trinajstić information content (AvgIpc) is 2.85. The molecule has 1 saturated heterocycles. The van der Waals surface area contributed by atoms with Gasteiger partial charge in [-0.15, -0.1) is 0 Å². The van der Waals surface area contributed by atoms with E-state index in [1.807, 2.05) is 20.8 Å². The van der Waals surface area contributed by atoms with Crippen LogP contribution < -0.4 is 5.32 Å². The predicted octanol–water partition coefficient (Wildman–Crippen LogP) is 2.00. The zero-order valence-corrected chi connectivity index (χ0v) is 11.0. The van der Waals surface area contributed by atoms with Gasteiger partial charge in [0, 0.05) is 6.61 Å². The first-order valence-electron chi connectivity index (χ1n) is 6.43. The Hall–Kier alpha value is -1.08. The number of nitriles is 1. The molecule has 0 aromatic heterocycles. The molecule has 1 N–H and O–H groups in total. The maximum absolute atomic E-state index is 12.1. The van der Waals surface area contributed by atoms with Crippen LogP contribution in [-0.4, -0.2) is 24.7 Å². The van der Waals surface area contributed by atoms with Crippen molar-refractivity contribution in [3.63, 3.8) is 0 Å². The second-order valence-corrected chi connectivity index (χ2v) is 4.71. The van der Waals surface area contributed by atoms with E-state index in [0.717, 1.165) is 19.4 Å². The van der Waals surface area contributed by atoms with Crippen LogP contribution >= 0.6 is 0 Å². The van der Waals surface area contributed by atoms with Crippen LogP contribution in [0, 0.1) is 16.7 Å². The molecular formula is C13H22N2O2. The monoisotopic (exact) mass is 238 g/mol. The Bertz CT molecular complexity index is 299.